The zero-order chi connectivity index (χ0) is 35.1. The molecule has 0 amide bonds. The largest absolute Gasteiger partial charge is 0.310 e. The summed E-state index contributed by atoms with van der Waals surface area (Å²) in [6.45, 7) is 0. The van der Waals surface area contributed by atoms with Gasteiger partial charge in [-0.05, 0) is 106 Å². The predicted molar refractivity (Wildman–Crippen MR) is 229 cm³/mol. The number of fused-ring (bicyclic) bond motifs is 6. The van der Waals surface area contributed by atoms with Crippen molar-refractivity contribution >= 4 is 87.2 Å². The Morgan fingerprint density at radius 2 is 0.868 bits per heavy atom. The quantitative estimate of drug-likeness (QED) is 0.153. The van der Waals surface area contributed by atoms with Gasteiger partial charge in [-0.2, -0.15) is 0 Å². The highest BCUT2D eigenvalue weighted by Crippen LogP contribution is 2.46. The van der Waals surface area contributed by atoms with Crippen LogP contribution in [0.2, 0.25) is 0 Å². The molecule has 0 radical (unpaired) electrons. The summed E-state index contributed by atoms with van der Waals surface area (Å²) in [5.41, 5.74) is 9.03. The number of para-hydroxylation sites is 2. The van der Waals surface area contributed by atoms with Crippen molar-refractivity contribution in [2.75, 3.05) is 9.80 Å². The Morgan fingerprint density at radius 3 is 1.60 bits per heavy atom. The third-order valence-electron chi connectivity index (χ3n) is 10.2. The zero-order valence-electron chi connectivity index (χ0n) is 28.9. The summed E-state index contributed by atoms with van der Waals surface area (Å²) in [5, 5.41) is 7.60. The maximum Gasteiger partial charge on any atom is 0.0546 e. The summed E-state index contributed by atoms with van der Waals surface area (Å²) in [5.74, 6) is 0. The van der Waals surface area contributed by atoms with Gasteiger partial charge in [0.15, 0.2) is 0 Å². The lowest BCUT2D eigenvalue weighted by atomic mass is 9.97. The third kappa shape index (κ3) is 5.59. The van der Waals surface area contributed by atoms with Gasteiger partial charge in [0.25, 0.3) is 0 Å². The minimum atomic E-state index is 1.08. The van der Waals surface area contributed by atoms with Crippen molar-refractivity contribution in [1.29, 1.82) is 0 Å². The Hall–Kier alpha value is -6.68. The van der Waals surface area contributed by atoms with Crippen molar-refractivity contribution in [2.45, 2.75) is 0 Å². The number of hydrogen-bond donors (Lipinski definition) is 0. The van der Waals surface area contributed by atoms with Crippen LogP contribution in [0.3, 0.4) is 0 Å². The summed E-state index contributed by atoms with van der Waals surface area (Å²) < 4.78 is 2.63. The first kappa shape index (κ1) is 31.1. The molecule has 0 N–H and O–H groups in total. The molecule has 53 heavy (non-hydrogen) atoms. The summed E-state index contributed by atoms with van der Waals surface area (Å²) in [7, 11) is 0. The average Bonchev–Trinajstić information content (AvgIpc) is 3.59. The van der Waals surface area contributed by atoms with E-state index in [0.29, 0.717) is 0 Å². The average molecular weight is 695 g/mol. The van der Waals surface area contributed by atoms with Gasteiger partial charge in [-0.15, -0.1) is 11.3 Å². The molecule has 3 heteroatoms. The highest BCUT2D eigenvalue weighted by molar-refractivity contribution is 7.25. The number of anilines is 6. The Kier molecular flexibility index (Phi) is 7.71. The molecular formula is C50H34N2S. The molecule has 10 rings (SSSR count). The second-order valence-electron chi connectivity index (χ2n) is 13.4. The summed E-state index contributed by atoms with van der Waals surface area (Å²) in [6, 6.07) is 74.6. The number of benzene rings is 9. The van der Waals surface area contributed by atoms with Crippen LogP contribution in [0.1, 0.15) is 0 Å². The van der Waals surface area contributed by atoms with Crippen molar-refractivity contribution in [1.82, 2.24) is 0 Å². The minimum Gasteiger partial charge on any atom is -0.310 e. The van der Waals surface area contributed by atoms with Crippen LogP contribution in [0.25, 0.3) is 52.8 Å². The smallest absolute Gasteiger partial charge is 0.0546 e. The molecule has 0 unspecified atom stereocenters. The minimum absolute atomic E-state index is 1.08. The molecule has 10 aromatic rings. The van der Waals surface area contributed by atoms with Gasteiger partial charge in [0.2, 0.25) is 0 Å². The van der Waals surface area contributed by atoms with E-state index in [0.717, 1.165) is 34.1 Å². The molecule has 0 aliphatic carbocycles. The molecule has 1 heterocycles. The van der Waals surface area contributed by atoms with E-state index in [1.54, 1.807) is 0 Å². The van der Waals surface area contributed by atoms with Crippen molar-refractivity contribution in [2.24, 2.45) is 0 Å². The van der Waals surface area contributed by atoms with Gasteiger partial charge in [0.05, 0.1) is 5.69 Å². The van der Waals surface area contributed by atoms with Gasteiger partial charge in [-0.3, -0.25) is 0 Å². The maximum absolute atomic E-state index is 2.43. The zero-order valence-corrected chi connectivity index (χ0v) is 29.7. The van der Waals surface area contributed by atoms with Crippen LogP contribution in [0, 0.1) is 0 Å². The van der Waals surface area contributed by atoms with Crippen LogP contribution in [0.5, 0.6) is 0 Å². The molecule has 0 fully saturated rings. The molecular weight excluding hydrogens is 661 g/mol. The lowest BCUT2D eigenvalue weighted by Crippen LogP contribution is -2.13. The summed E-state index contributed by atoms with van der Waals surface area (Å²) >= 11 is 1.87. The van der Waals surface area contributed by atoms with E-state index in [9.17, 15) is 0 Å². The van der Waals surface area contributed by atoms with Crippen LogP contribution in [-0.2, 0) is 0 Å². The predicted octanol–water partition coefficient (Wildman–Crippen LogP) is 15.0. The van der Waals surface area contributed by atoms with Crippen molar-refractivity contribution < 1.29 is 0 Å². The Bertz CT molecular complexity index is 2840. The Morgan fingerprint density at radius 1 is 0.302 bits per heavy atom. The lowest BCUT2D eigenvalue weighted by Gasteiger charge is -2.30. The van der Waals surface area contributed by atoms with Crippen molar-refractivity contribution in [3.63, 3.8) is 0 Å². The lowest BCUT2D eigenvalue weighted by molar-refractivity contribution is 1.25. The van der Waals surface area contributed by atoms with Crippen LogP contribution in [0.4, 0.5) is 34.1 Å². The highest BCUT2D eigenvalue weighted by atomic mass is 32.1. The molecule has 0 atom stereocenters. The first-order chi connectivity index (χ1) is 26.3. The van der Waals surface area contributed by atoms with Crippen LogP contribution >= 0.6 is 11.3 Å². The monoisotopic (exact) mass is 694 g/mol. The van der Waals surface area contributed by atoms with Crippen molar-refractivity contribution in [3.8, 4) is 11.1 Å². The second-order valence-corrected chi connectivity index (χ2v) is 14.5. The standard InChI is InChI=1S/C50H34N2S/c1-4-14-35(15-5-1)36-28-30-41(31-29-36)52(43-22-13-21-42(33-43)51(39-17-6-2-7-18-39)40-19-8-3-9-20-40)47-24-12-16-37-26-27-38-32-46-44-23-10-11-25-48(44)53-49(46)34-45(38)50(37)47/h1-34H. The van der Waals surface area contributed by atoms with E-state index in [-0.39, 0.29) is 0 Å². The first-order valence-electron chi connectivity index (χ1n) is 18.0. The van der Waals surface area contributed by atoms with Crippen LogP contribution in [0.15, 0.2) is 206 Å². The second kappa shape index (κ2) is 13.1. The maximum atomic E-state index is 2.43. The van der Waals surface area contributed by atoms with E-state index in [4.69, 9.17) is 0 Å². The number of thiophene rings is 1. The fourth-order valence-corrected chi connectivity index (χ4v) is 8.86. The van der Waals surface area contributed by atoms with E-state index in [2.05, 4.69) is 216 Å². The summed E-state index contributed by atoms with van der Waals surface area (Å²) in [6.07, 6.45) is 0. The molecule has 0 spiro atoms. The van der Waals surface area contributed by atoms with E-state index >= 15 is 0 Å². The van der Waals surface area contributed by atoms with Gasteiger partial charge < -0.3 is 9.80 Å². The van der Waals surface area contributed by atoms with Gasteiger partial charge >= 0.3 is 0 Å². The highest BCUT2D eigenvalue weighted by Gasteiger charge is 2.20. The van der Waals surface area contributed by atoms with Gasteiger partial charge in [-0.1, -0.05) is 127 Å². The number of rotatable bonds is 7. The molecule has 2 nitrogen and oxygen atoms in total. The Labute approximate surface area is 313 Å². The van der Waals surface area contributed by atoms with E-state index in [1.165, 1.54) is 52.8 Å². The normalized spacial score (nSPS) is 11.4. The number of nitrogens with zero attached hydrogens (tertiary/aromatic N) is 2. The van der Waals surface area contributed by atoms with E-state index in [1.807, 2.05) is 11.3 Å². The third-order valence-corrected chi connectivity index (χ3v) is 11.3. The van der Waals surface area contributed by atoms with Crippen LogP contribution in [-0.4, -0.2) is 0 Å². The fraction of sp³-hybridized carbons (Fsp3) is 0. The SMILES string of the molecule is c1ccc(-c2ccc(N(c3cccc(N(c4ccccc4)c4ccccc4)c3)c3cccc4ccc5cc6c(cc5c34)sc3ccccc36)cc2)cc1. The van der Waals surface area contributed by atoms with Crippen molar-refractivity contribution in [3.05, 3.63) is 206 Å². The van der Waals surface area contributed by atoms with E-state index < -0.39 is 0 Å². The molecule has 9 aromatic carbocycles. The Balaban J connectivity index is 1.21. The van der Waals surface area contributed by atoms with Gasteiger partial charge in [-0.25, -0.2) is 0 Å². The molecule has 0 saturated carbocycles. The van der Waals surface area contributed by atoms with Gasteiger partial charge in [0.1, 0.15) is 0 Å². The molecule has 0 saturated heterocycles. The summed E-state index contributed by atoms with van der Waals surface area (Å²) in [4.78, 5) is 4.76. The molecule has 0 aliphatic heterocycles. The van der Waals surface area contributed by atoms with Gasteiger partial charge in [0, 0.05) is 54.0 Å². The number of hydrogen-bond acceptors (Lipinski definition) is 3. The fourth-order valence-electron chi connectivity index (χ4n) is 7.73. The molecule has 0 bridgehead atoms. The van der Waals surface area contributed by atoms with Crippen LogP contribution < -0.4 is 9.80 Å². The molecule has 1 aromatic heterocycles. The topological polar surface area (TPSA) is 6.48 Å². The molecule has 0 aliphatic rings. The molecule has 250 valence electrons. The first-order valence-corrected chi connectivity index (χ1v) is 18.8.